The van der Waals surface area contributed by atoms with Crippen LogP contribution in [0.25, 0.3) is 22.5 Å². The van der Waals surface area contributed by atoms with E-state index in [1.165, 1.54) is 11.8 Å². The summed E-state index contributed by atoms with van der Waals surface area (Å²) in [6.07, 6.45) is 2.17. The summed E-state index contributed by atoms with van der Waals surface area (Å²) in [6.45, 7) is 4.32. The topological polar surface area (TPSA) is 130 Å². The van der Waals surface area contributed by atoms with Gasteiger partial charge >= 0.3 is 65.1 Å². The summed E-state index contributed by atoms with van der Waals surface area (Å²) in [5.41, 5.74) is 5.31. The van der Waals surface area contributed by atoms with Gasteiger partial charge in [0.05, 0.1) is 11.4 Å². The van der Waals surface area contributed by atoms with Crippen molar-refractivity contribution in [2.75, 3.05) is 6.54 Å². The number of hydrogen-bond acceptors (Lipinski definition) is 6. The Morgan fingerprint density at radius 2 is 1.79 bits per heavy atom. The molecular weight excluding hydrogens is 504 g/mol. The van der Waals surface area contributed by atoms with Crippen molar-refractivity contribution in [3.05, 3.63) is 71.3 Å². The monoisotopic (exact) mass is 533 g/mol. The molecular formula is C26H29N7Na2O3. The van der Waals surface area contributed by atoms with Crippen LogP contribution in [0, 0.1) is 0 Å². The van der Waals surface area contributed by atoms with Crippen LogP contribution in [0.4, 0.5) is 0 Å². The summed E-state index contributed by atoms with van der Waals surface area (Å²) < 4.78 is 2.00. The number of aryl methyl sites for hydroxylation is 1. The van der Waals surface area contributed by atoms with Crippen LogP contribution in [0.1, 0.15) is 49.1 Å². The zero-order chi connectivity index (χ0) is 25.2. The molecule has 10 nitrogen and oxygen atoms in total. The van der Waals surface area contributed by atoms with Crippen LogP contribution >= 0.6 is 0 Å². The van der Waals surface area contributed by atoms with E-state index in [0.717, 1.165) is 46.6 Å². The number of carbonyl (C=O) groups excluding carboxylic acids is 1. The first-order valence-corrected chi connectivity index (χ1v) is 12.0. The van der Waals surface area contributed by atoms with E-state index in [1.54, 1.807) is 0 Å². The molecule has 38 heavy (non-hydrogen) atoms. The van der Waals surface area contributed by atoms with Gasteiger partial charge in [-0.15, -0.1) is 5.10 Å². The molecule has 5 rings (SSSR count). The van der Waals surface area contributed by atoms with Gasteiger partial charge in [-0.1, -0.05) is 55.5 Å². The first kappa shape index (κ1) is 30.2. The average Bonchev–Trinajstić information content (AvgIpc) is 3.53. The molecule has 0 radical (unpaired) electrons. The Morgan fingerprint density at radius 3 is 2.39 bits per heavy atom. The Hall–Kier alpha value is -2.34. The van der Waals surface area contributed by atoms with Gasteiger partial charge in [0.1, 0.15) is 5.82 Å². The van der Waals surface area contributed by atoms with E-state index < -0.39 is 12.0 Å². The van der Waals surface area contributed by atoms with Crippen molar-refractivity contribution in [1.29, 1.82) is 0 Å². The number of tetrazole rings is 1. The molecule has 2 aromatic heterocycles. The van der Waals surface area contributed by atoms with Gasteiger partial charge in [-0.2, -0.15) is 0 Å². The van der Waals surface area contributed by atoms with Crippen molar-refractivity contribution < 1.29 is 14.7 Å². The van der Waals surface area contributed by atoms with E-state index in [1.807, 2.05) is 53.1 Å². The molecule has 188 valence electrons. The van der Waals surface area contributed by atoms with Gasteiger partial charge in [0.15, 0.2) is 11.9 Å². The average molecular weight is 534 g/mol. The number of carboxylic acid groups (broad SMARTS) is 1. The van der Waals surface area contributed by atoms with Crippen LogP contribution in [0.3, 0.4) is 0 Å². The molecule has 1 atom stereocenters. The van der Waals surface area contributed by atoms with Gasteiger partial charge < -0.3 is 14.6 Å². The van der Waals surface area contributed by atoms with Crippen molar-refractivity contribution in [1.82, 2.24) is 35.1 Å². The first-order valence-electron chi connectivity index (χ1n) is 12.0. The molecule has 1 aliphatic heterocycles. The minimum atomic E-state index is -1.04. The molecule has 1 amide bonds. The van der Waals surface area contributed by atoms with Gasteiger partial charge in [-0.25, -0.2) is 14.9 Å². The fourth-order valence-electron chi connectivity index (χ4n) is 4.93. The summed E-state index contributed by atoms with van der Waals surface area (Å²) >= 11 is 0. The number of carboxylic acids is 1. The van der Waals surface area contributed by atoms with Crippen LogP contribution in [-0.4, -0.2) is 118 Å². The molecule has 0 saturated carbocycles. The molecule has 2 N–H and O–H groups in total. The minimum absolute atomic E-state index is 0. The van der Waals surface area contributed by atoms with Crippen LogP contribution in [0.2, 0.25) is 0 Å². The van der Waals surface area contributed by atoms with Crippen LogP contribution < -0.4 is 0 Å². The maximum absolute atomic E-state index is 12.3. The Balaban J connectivity index is 0.00000200. The van der Waals surface area contributed by atoms with E-state index in [2.05, 4.69) is 27.5 Å². The van der Waals surface area contributed by atoms with E-state index in [-0.39, 0.29) is 65.0 Å². The van der Waals surface area contributed by atoms with Gasteiger partial charge in [-0.3, -0.25) is 4.79 Å². The quantitative estimate of drug-likeness (QED) is 0.348. The zero-order valence-corrected chi connectivity index (χ0v) is 20.2. The maximum atomic E-state index is 12.3. The molecule has 0 spiro atoms. The number of amides is 1. The third-order valence-corrected chi connectivity index (χ3v) is 6.57. The zero-order valence-electron chi connectivity index (χ0n) is 20.2. The molecule has 4 aromatic rings. The van der Waals surface area contributed by atoms with Crippen molar-refractivity contribution in [2.24, 2.45) is 0 Å². The van der Waals surface area contributed by atoms with Gasteiger partial charge in [-0.05, 0) is 33.5 Å². The number of imidazole rings is 1. The van der Waals surface area contributed by atoms with Crippen molar-refractivity contribution in [3.8, 4) is 22.5 Å². The van der Waals surface area contributed by atoms with E-state index in [4.69, 9.17) is 4.98 Å². The van der Waals surface area contributed by atoms with Crippen LogP contribution in [0.15, 0.2) is 48.5 Å². The summed E-state index contributed by atoms with van der Waals surface area (Å²) in [6, 6.07) is 15.0. The Kier molecular flexibility index (Phi) is 10.4. The second kappa shape index (κ2) is 13.1. The number of aliphatic carboxylic acids is 1. The fraction of sp³-hybridized carbons (Fsp3) is 0.308. The number of nitrogens with zero attached hydrogens (tertiary/aromatic N) is 6. The van der Waals surface area contributed by atoms with Crippen molar-refractivity contribution in [2.45, 2.75) is 45.7 Å². The van der Waals surface area contributed by atoms with Gasteiger partial charge in [0.2, 0.25) is 5.91 Å². The number of carbonyl (C=O) groups is 2. The predicted octanol–water partition coefficient (Wildman–Crippen LogP) is 1.96. The third kappa shape index (κ3) is 5.95. The number of benzene rings is 2. The van der Waals surface area contributed by atoms with Gasteiger partial charge in [0.25, 0.3) is 0 Å². The van der Waals surface area contributed by atoms with Crippen molar-refractivity contribution in [3.63, 3.8) is 0 Å². The second-order valence-corrected chi connectivity index (χ2v) is 8.89. The number of aromatic amines is 1. The molecule has 12 heteroatoms. The van der Waals surface area contributed by atoms with Crippen LogP contribution in [-0.2, 0) is 29.0 Å². The van der Waals surface area contributed by atoms with E-state index >= 15 is 0 Å². The molecule has 1 aliphatic rings. The SMILES string of the molecule is CCCc1nc2c(n1Cc1ccc(-c3ccccc3-c3nnn[nH]3)cc1)C(C(=O)O)N(C(C)=O)CC2.[NaH].[NaH]. The van der Waals surface area contributed by atoms with E-state index in [0.29, 0.717) is 31.0 Å². The fourth-order valence-corrected chi connectivity index (χ4v) is 4.93. The first-order chi connectivity index (χ1) is 17.5. The predicted molar refractivity (Wildman–Crippen MR) is 146 cm³/mol. The number of H-pyrrole nitrogens is 1. The summed E-state index contributed by atoms with van der Waals surface area (Å²) in [5, 5.41) is 24.3. The van der Waals surface area contributed by atoms with Crippen LogP contribution in [0.5, 0.6) is 0 Å². The molecule has 2 aromatic carbocycles. The Bertz CT molecular complexity index is 1400. The number of hydrogen-bond donors (Lipinski definition) is 2. The number of fused-ring (bicyclic) bond motifs is 1. The summed E-state index contributed by atoms with van der Waals surface area (Å²) in [5.74, 6) is 0.164. The number of nitrogens with one attached hydrogen (secondary N) is 1. The normalized spacial score (nSPS) is 14.3. The Morgan fingerprint density at radius 1 is 1.08 bits per heavy atom. The summed E-state index contributed by atoms with van der Waals surface area (Å²) in [4.78, 5) is 30.7. The Labute approximate surface area is 264 Å². The molecule has 1 unspecified atom stereocenters. The third-order valence-electron chi connectivity index (χ3n) is 6.57. The molecule has 0 saturated heterocycles. The number of aromatic nitrogens is 6. The van der Waals surface area contributed by atoms with E-state index in [9.17, 15) is 14.7 Å². The summed E-state index contributed by atoms with van der Waals surface area (Å²) in [7, 11) is 0. The molecule has 0 fully saturated rings. The number of rotatable bonds is 7. The second-order valence-electron chi connectivity index (χ2n) is 8.89. The standard InChI is InChI=1S/C26H27N7O3.2Na.2H/c1-3-6-22-27-21-13-14-32(16(2)34)24(26(35)36)23(21)33(22)15-17-9-11-18(12-10-17)19-7-4-5-8-20(19)25-28-30-31-29-25;;;;/h4-5,7-12,24H,3,6,13-15H2,1-2H3,(H,35,36)(H,28,29,30,31);;;;. The molecule has 0 aliphatic carbocycles. The van der Waals surface area contributed by atoms with Crippen molar-refractivity contribution >= 4 is 71.0 Å². The molecule has 0 bridgehead atoms. The molecule has 3 heterocycles. The van der Waals surface area contributed by atoms with Gasteiger partial charge in [0, 0.05) is 38.4 Å².